The molecule has 0 saturated heterocycles. The van der Waals surface area contributed by atoms with Crippen molar-refractivity contribution in [3.8, 4) is 5.75 Å². The summed E-state index contributed by atoms with van der Waals surface area (Å²) in [6.45, 7) is 3.84. The molecule has 6 heteroatoms. The predicted molar refractivity (Wildman–Crippen MR) is 65.5 cm³/mol. The van der Waals surface area contributed by atoms with Crippen LogP contribution in [0.2, 0.25) is 0 Å². The minimum absolute atomic E-state index is 0.0491. The van der Waals surface area contributed by atoms with Crippen LogP contribution in [0.3, 0.4) is 0 Å². The van der Waals surface area contributed by atoms with Gasteiger partial charge in [0.1, 0.15) is 5.75 Å². The van der Waals surface area contributed by atoms with E-state index >= 15 is 0 Å². The summed E-state index contributed by atoms with van der Waals surface area (Å²) in [6, 6.07) is 4.84. The highest BCUT2D eigenvalue weighted by Crippen LogP contribution is 2.32. The zero-order chi connectivity index (χ0) is 14.6. The zero-order valence-electron chi connectivity index (χ0n) is 10.8. The topological polar surface area (TPSA) is 55.5 Å². The maximum atomic E-state index is 12.3. The monoisotopic (exact) mass is 277 g/mol. The minimum atomic E-state index is -4.79. The third-order valence-electron chi connectivity index (χ3n) is 2.61. The van der Waals surface area contributed by atoms with Crippen LogP contribution < -0.4 is 10.5 Å². The first-order chi connectivity index (χ1) is 8.70. The first-order valence-electron chi connectivity index (χ1n) is 5.99. The van der Waals surface area contributed by atoms with Crippen molar-refractivity contribution >= 4 is 0 Å². The van der Waals surface area contributed by atoms with E-state index in [4.69, 9.17) is 5.73 Å². The Morgan fingerprint density at radius 3 is 2.37 bits per heavy atom. The molecule has 3 N–H and O–H groups in total. The Morgan fingerprint density at radius 2 is 1.84 bits per heavy atom. The quantitative estimate of drug-likeness (QED) is 0.870. The van der Waals surface area contributed by atoms with Gasteiger partial charge in [-0.1, -0.05) is 32.0 Å². The molecule has 0 aliphatic rings. The van der Waals surface area contributed by atoms with Crippen LogP contribution in [0.25, 0.3) is 0 Å². The summed E-state index contributed by atoms with van der Waals surface area (Å²) in [5.41, 5.74) is 5.85. The summed E-state index contributed by atoms with van der Waals surface area (Å²) in [6.07, 6.45) is -5.49. The van der Waals surface area contributed by atoms with Gasteiger partial charge in [0.2, 0.25) is 0 Å². The summed E-state index contributed by atoms with van der Waals surface area (Å²) < 4.78 is 40.7. The molecule has 1 aromatic rings. The molecule has 1 aromatic carbocycles. The summed E-state index contributed by atoms with van der Waals surface area (Å²) in [5, 5.41) is 10.0. The van der Waals surface area contributed by atoms with E-state index in [1.807, 2.05) is 13.8 Å². The Hall–Kier alpha value is -1.27. The molecule has 0 spiro atoms. The molecule has 0 fully saturated rings. The molecule has 0 aromatic heterocycles. The maximum Gasteiger partial charge on any atom is 0.573 e. The van der Waals surface area contributed by atoms with Crippen molar-refractivity contribution in [2.75, 3.05) is 0 Å². The van der Waals surface area contributed by atoms with E-state index < -0.39 is 24.3 Å². The van der Waals surface area contributed by atoms with Gasteiger partial charge in [0.25, 0.3) is 0 Å². The molecule has 0 radical (unpaired) electrons. The zero-order valence-corrected chi connectivity index (χ0v) is 10.8. The van der Waals surface area contributed by atoms with Crippen molar-refractivity contribution in [3.63, 3.8) is 0 Å². The van der Waals surface area contributed by atoms with Crippen molar-refractivity contribution in [1.29, 1.82) is 0 Å². The lowest BCUT2D eigenvalue weighted by atomic mass is 9.95. The van der Waals surface area contributed by atoms with Gasteiger partial charge in [0.15, 0.2) is 0 Å². The normalized spacial score (nSPS) is 15.4. The Kier molecular flexibility index (Phi) is 5.20. The summed E-state index contributed by atoms with van der Waals surface area (Å²) >= 11 is 0. The second-order valence-electron chi connectivity index (χ2n) is 4.82. The number of aliphatic hydroxyl groups excluding tert-OH is 1. The van der Waals surface area contributed by atoms with E-state index in [0.29, 0.717) is 6.42 Å². The number of hydrogen-bond acceptors (Lipinski definition) is 3. The largest absolute Gasteiger partial charge is 0.573 e. The second kappa shape index (κ2) is 6.25. The highest BCUT2D eigenvalue weighted by molar-refractivity contribution is 5.36. The van der Waals surface area contributed by atoms with Gasteiger partial charge in [0.05, 0.1) is 6.10 Å². The number of hydrogen-bond donors (Lipinski definition) is 2. The van der Waals surface area contributed by atoms with Gasteiger partial charge in [-0.15, -0.1) is 13.2 Å². The van der Waals surface area contributed by atoms with Crippen molar-refractivity contribution in [3.05, 3.63) is 29.8 Å². The van der Waals surface area contributed by atoms with Gasteiger partial charge in [-0.05, 0) is 18.4 Å². The number of alkyl halides is 3. The lowest BCUT2D eigenvalue weighted by Gasteiger charge is -2.23. The Bertz CT molecular complexity index is 407. The fourth-order valence-corrected chi connectivity index (χ4v) is 1.85. The van der Waals surface area contributed by atoms with Crippen LogP contribution in [0, 0.1) is 5.92 Å². The molecule has 0 heterocycles. The lowest BCUT2D eigenvalue weighted by molar-refractivity contribution is -0.275. The van der Waals surface area contributed by atoms with Gasteiger partial charge in [-0.3, -0.25) is 0 Å². The minimum Gasteiger partial charge on any atom is -0.405 e. The van der Waals surface area contributed by atoms with Gasteiger partial charge < -0.3 is 15.6 Å². The van der Waals surface area contributed by atoms with E-state index in [2.05, 4.69) is 4.74 Å². The number of rotatable bonds is 5. The van der Waals surface area contributed by atoms with Crippen LogP contribution in [0.4, 0.5) is 13.2 Å². The molecule has 108 valence electrons. The first-order valence-corrected chi connectivity index (χ1v) is 5.99. The number of halogens is 3. The number of aliphatic hydroxyl groups is 1. The average molecular weight is 277 g/mol. The average Bonchev–Trinajstić information content (AvgIpc) is 2.25. The fourth-order valence-electron chi connectivity index (χ4n) is 1.85. The standard InChI is InChI=1S/C13H18F3NO2/c1-8(2)7-10(17)12(18)9-5-3-4-6-11(9)19-13(14,15)16/h3-6,8,10,12,18H,7,17H2,1-2H3. The van der Waals surface area contributed by atoms with E-state index in [-0.39, 0.29) is 11.5 Å². The Balaban J connectivity index is 2.93. The molecule has 0 aliphatic carbocycles. The number of para-hydroxylation sites is 1. The molecule has 0 saturated carbocycles. The number of ether oxygens (including phenoxy) is 1. The van der Waals surface area contributed by atoms with Gasteiger partial charge in [-0.25, -0.2) is 0 Å². The van der Waals surface area contributed by atoms with E-state index in [0.717, 1.165) is 6.07 Å². The molecule has 3 nitrogen and oxygen atoms in total. The van der Waals surface area contributed by atoms with E-state index in [9.17, 15) is 18.3 Å². The third-order valence-corrected chi connectivity index (χ3v) is 2.61. The molecule has 0 aliphatic heterocycles. The molecular formula is C13H18F3NO2. The van der Waals surface area contributed by atoms with E-state index in [1.54, 1.807) is 0 Å². The first kappa shape index (κ1) is 15.8. The van der Waals surface area contributed by atoms with Crippen molar-refractivity contribution < 1.29 is 23.0 Å². The van der Waals surface area contributed by atoms with Crippen LogP contribution in [0.5, 0.6) is 5.75 Å². The van der Waals surface area contributed by atoms with Crippen molar-refractivity contribution in [1.82, 2.24) is 0 Å². The van der Waals surface area contributed by atoms with Crippen molar-refractivity contribution in [2.45, 2.75) is 38.8 Å². The molecule has 1 rings (SSSR count). The Morgan fingerprint density at radius 1 is 1.26 bits per heavy atom. The third kappa shape index (κ3) is 5.08. The molecular weight excluding hydrogens is 259 g/mol. The van der Waals surface area contributed by atoms with Crippen LogP contribution in [-0.4, -0.2) is 17.5 Å². The summed E-state index contributed by atoms with van der Waals surface area (Å²) in [7, 11) is 0. The second-order valence-corrected chi connectivity index (χ2v) is 4.82. The molecule has 0 bridgehead atoms. The lowest BCUT2D eigenvalue weighted by Crippen LogP contribution is -2.30. The van der Waals surface area contributed by atoms with Crippen LogP contribution in [-0.2, 0) is 0 Å². The van der Waals surface area contributed by atoms with Crippen LogP contribution >= 0.6 is 0 Å². The summed E-state index contributed by atoms with van der Waals surface area (Å²) in [5.74, 6) is -0.179. The van der Waals surface area contributed by atoms with Gasteiger partial charge in [0, 0.05) is 11.6 Å². The van der Waals surface area contributed by atoms with E-state index in [1.165, 1.54) is 18.2 Å². The number of nitrogens with two attached hydrogens (primary N) is 1. The van der Waals surface area contributed by atoms with Gasteiger partial charge >= 0.3 is 6.36 Å². The fraction of sp³-hybridized carbons (Fsp3) is 0.538. The number of benzene rings is 1. The van der Waals surface area contributed by atoms with Crippen LogP contribution in [0.1, 0.15) is 31.9 Å². The molecule has 19 heavy (non-hydrogen) atoms. The maximum absolute atomic E-state index is 12.3. The highest BCUT2D eigenvalue weighted by Gasteiger charge is 2.33. The smallest absolute Gasteiger partial charge is 0.405 e. The summed E-state index contributed by atoms with van der Waals surface area (Å²) in [4.78, 5) is 0. The Labute approximate surface area is 110 Å². The molecule has 2 atom stereocenters. The van der Waals surface area contributed by atoms with Crippen molar-refractivity contribution in [2.24, 2.45) is 11.7 Å². The SMILES string of the molecule is CC(C)CC(N)C(O)c1ccccc1OC(F)(F)F. The van der Waals surface area contributed by atoms with Gasteiger partial charge in [-0.2, -0.15) is 0 Å². The molecule has 0 amide bonds. The van der Waals surface area contributed by atoms with Crippen LogP contribution in [0.15, 0.2) is 24.3 Å². The molecule has 2 unspecified atom stereocenters. The highest BCUT2D eigenvalue weighted by atomic mass is 19.4. The predicted octanol–water partition coefficient (Wildman–Crippen LogP) is 2.99.